The van der Waals surface area contributed by atoms with Crippen LogP contribution in [0.3, 0.4) is 0 Å². The standard InChI is InChI=1S/C16H25N3OS/c1-3-13-9(2)21-16(18-13)19-15(20)12-7-10-5-4-6-11(8-12)14(10)17/h10-12,14H,3-8,17H2,1-2H3,(H,18,19,20). The molecule has 1 aromatic heterocycles. The van der Waals surface area contributed by atoms with Crippen molar-refractivity contribution in [3.63, 3.8) is 0 Å². The Morgan fingerprint density at radius 3 is 2.62 bits per heavy atom. The van der Waals surface area contributed by atoms with E-state index in [0.717, 1.165) is 30.1 Å². The fraction of sp³-hybridized carbons (Fsp3) is 0.750. The van der Waals surface area contributed by atoms with Crippen LogP contribution in [0.15, 0.2) is 0 Å². The summed E-state index contributed by atoms with van der Waals surface area (Å²) < 4.78 is 0. The molecule has 2 fully saturated rings. The second kappa shape index (κ2) is 6.05. The molecule has 3 N–H and O–H groups in total. The van der Waals surface area contributed by atoms with Crippen LogP contribution >= 0.6 is 11.3 Å². The van der Waals surface area contributed by atoms with Crippen LogP contribution in [0.1, 0.15) is 49.6 Å². The molecule has 1 amide bonds. The maximum atomic E-state index is 12.5. The number of amides is 1. The fourth-order valence-electron chi connectivity index (χ4n) is 4.02. The molecule has 1 heterocycles. The number of nitrogens with zero attached hydrogens (tertiary/aromatic N) is 1. The maximum Gasteiger partial charge on any atom is 0.229 e. The Kier molecular flexibility index (Phi) is 4.31. The summed E-state index contributed by atoms with van der Waals surface area (Å²) in [5.74, 6) is 1.35. The number of thiazole rings is 1. The molecule has 5 heteroatoms. The van der Waals surface area contributed by atoms with E-state index in [2.05, 4.69) is 24.1 Å². The third kappa shape index (κ3) is 2.99. The number of anilines is 1. The van der Waals surface area contributed by atoms with Gasteiger partial charge in [-0.3, -0.25) is 4.79 Å². The Morgan fingerprint density at radius 2 is 2.05 bits per heavy atom. The highest BCUT2D eigenvalue weighted by Crippen LogP contribution is 2.42. The number of nitrogens with two attached hydrogens (primary N) is 1. The molecular formula is C16H25N3OS. The minimum absolute atomic E-state index is 0.120. The SMILES string of the molecule is CCc1nc(NC(=O)C2CC3CCCC(C2)C3N)sc1C. The van der Waals surface area contributed by atoms with Gasteiger partial charge in [0, 0.05) is 16.8 Å². The lowest BCUT2D eigenvalue weighted by molar-refractivity contribution is -0.122. The van der Waals surface area contributed by atoms with Gasteiger partial charge in [0.05, 0.1) is 5.69 Å². The van der Waals surface area contributed by atoms with E-state index in [1.807, 2.05) is 0 Å². The van der Waals surface area contributed by atoms with E-state index in [0.29, 0.717) is 17.9 Å². The van der Waals surface area contributed by atoms with Crippen molar-refractivity contribution >= 4 is 22.4 Å². The zero-order valence-corrected chi connectivity index (χ0v) is 13.7. The number of carbonyl (C=O) groups excluding carboxylic acids is 1. The summed E-state index contributed by atoms with van der Waals surface area (Å²) in [6.07, 6.45) is 6.49. The lowest BCUT2D eigenvalue weighted by Crippen LogP contribution is -2.48. The molecule has 0 saturated heterocycles. The van der Waals surface area contributed by atoms with Gasteiger partial charge < -0.3 is 11.1 Å². The van der Waals surface area contributed by atoms with E-state index in [4.69, 9.17) is 5.73 Å². The second-order valence-corrected chi connectivity index (χ2v) is 7.76. The molecule has 116 valence electrons. The second-order valence-electron chi connectivity index (χ2n) is 6.56. The maximum absolute atomic E-state index is 12.5. The van der Waals surface area contributed by atoms with Crippen molar-refractivity contribution in [2.75, 3.05) is 5.32 Å². The Labute approximate surface area is 130 Å². The van der Waals surface area contributed by atoms with Crippen LogP contribution in [0.2, 0.25) is 0 Å². The van der Waals surface area contributed by atoms with Gasteiger partial charge >= 0.3 is 0 Å². The fourth-order valence-corrected chi connectivity index (χ4v) is 4.93. The molecule has 2 saturated carbocycles. The number of aryl methyl sites for hydroxylation is 2. The molecule has 0 aromatic carbocycles. The van der Waals surface area contributed by atoms with Crippen molar-refractivity contribution in [2.45, 2.75) is 58.4 Å². The van der Waals surface area contributed by atoms with E-state index in [9.17, 15) is 4.79 Å². The van der Waals surface area contributed by atoms with Crippen LogP contribution in [0.5, 0.6) is 0 Å². The highest BCUT2D eigenvalue weighted by molar-refractivity contribution is 7.15. The third-order valence-electron chi connectivity index (χ3n) is 5.24. The van der Waals surface area contributed by atoms with Crippen LogP contribution in [-0.4, -0.2) is 16.9 Å². The van der Waals surface area contributed by atoms with Gasteiger partial charge in [-0.05, 0) is 50.9 Å². The van der Waals surface area contributed by atoms with Crippen LogP contribution in [0, 0.1) is 24.7 Å². The van der Waals surface area contributed by atoms with Crippen LogP contribution in [-0.2, 0) is 11.2 Å². The van der Waals surface area contributed by atoms with Crippen molar-refractivity contribution < 1.29 is 4.79 Å². The number of carbonyl (C=O) groups is 1. The zero-order valence-electron chi connectivity index (χ0n) is 12.9. The predicted octanol–water partition coefficient (Wildman–Crippen LogP) is 3.11. The summed E-state index contributed by atoms with van der Waals surface area (Å²) in [5.41, 5.74) is 7.39. The minimum atomic E-state index is 0.120. The van der Waals surface area contributed by atoms with Crippen molar-refractivity contribution in [1.82, 2.24) is 4.98 Å². The highest BCUT2D eigenvalue weighted by Gasteiger charge is 2.40. The summed E-state index contributed by atoms with van der Waals surface area (Å²) >= 11 is 1.59. The number of hydrogen-bond donors (Lipinski definition) is 2. The Balaban J connectivity index is 1.65. The highest BCUT2D eigenvalue weighted by atomic mass is 32.1. The number of nitrogens with one attached hydrogen (secondary N) is 1. The molecule has 2 aliphatic carbocycles. The molecule has 0 radical (unpaired) electrons. The molecule has 0 spiro atoms. The lowest BCUT2D eigenvalue weighted by atomic mass is 9.65. The first-order valence-electron chi connectivity index (χ1n) is 8.11. The smallest absolute Gasteiger partial charge is 0.229 e. The molecule has 4 nitrogen and oxygen atoms in total. The number of hydrogen-bond acceptors (Lipinski definition) is 4. The largest absolute Gasteiger partial charge is 0.327 e. The molecular weight excluding hydrogens is 282 g/mol. The summed E-state index contributed by atoms with van der Waals surface area (Å²) in [4.78, 5) is 18.2. The van der Waals surface area contributed by atoms with Crippen LogP contribution < -0.4 is 11.1 Å². The summed E-state index contributed by atoms with van der Waals surface area (Å²) in [6.45, 7) is 4.16. The lowest BCUT2D eigenvalue weighted by Gasteiger charge is -2.43. The average Bonchev–Trinajstić information content (AvgIpc) is 2.78. The molecule has 2 unspecified atom stereocenters. The van der Waals surface area contributed by atoms with E-state index in [1.165, 1.54) is 24.1 Å². The molecule has 21 heavy (non-hydrogen) atoms. The first kappa shape index (κ1) is 15.0. The summed E-state index contributed by atoms with van der Waals surface area (Å²) in [5, 5.41) is 3.80. The quantitative estimate of drug-likeness (QED) is 0.901. The van der Waals surface area contributed by atoms with E-state index < -0.39 is 0 Å². The molecule has 0 aliphatic heterocycles. The van der Waals surface area contributed by atoms with Crippen LogP contribution in [0.25, 0.3) is 0 Å². The number of aromatic nitrogens is 1. The van der Waals surface area contributed by atoms with Gasteiger partial charge in [0.1, 0.15) is 0 Å². The Morgan fingerprint density at radius 1 is 1.38 bits per heavy atom. The first-order valence-corrected chi connectivity index (χ1v) is 8.92. The predicted molar refractivity (Wildman–Crippen MR) is 86.4 cm³/mol. The van der Waals surface area contributed by atoms with Gasteiger partial charge in [0.15, 0.2) is 5.13 Å². The molecule has 3 rings (SSSR count). The van der Waals surface area contributed by atoms with Gasteiger partial charge in [-0.2, -0.15) is 0 Å². The Bertz CT molecular complexity index is 514. The monoisotopic (exact) mass is 307 g/mol. The molecule has 2 aliphatic rings. The van der Waals surface area contributed by atoms with E-state index >= 15 is 0 Å². The number of fused-ring (bicyclic) bond motifs is 2. The molecule has 2 bridgehead atoms. The van der Waals surface area contributed by atoms with Gasteiger partial charge in [0.2, 0.25) is 5.91 Å². The van der Waals surface area contributed by atoms with Crippen LogP contribution in [0.4, 0.5) is 5.13 Å². The summed E-state index contributed by atoms with van der Waals surface area (Å²) in [7, 11) is 0. The summed E-state index contributed by atoms with van der Waals surface area (Å²) in [6, 6.07) is 0.316. The molecule has 1 aromatic rings. The van der Waals surface area contributed by atoms with Crippen molar-refractivity contribution in [3.8, 4) is 0 Å². The van der Waals surface area contributed by atoms with Gasteiger partial charge in [-0.25, -0.2) is 4.98 Å². The van der Waals surface area contributed by atoms with Gasteiger partial charge in [-0.1, -0.05) is 13.3 Å². The average molecular weight is 307 g/mol. The van der Waals surface area contributed by atoms with Gasteiger partial charge in [0.25, 0.3) is 0 Å². The third-order valence-corrected chi connectivity index (χ3v) is 6.17. The van der Waals surface area contributed by atoms with E-state index in [1.54, 1.807) is 11.3 Å². The Hall–Kier alpha value is -0.940. The zero-order chi connectivity index (χ0) is 15.0. The number of rotatable bonds is 3. The van der Waals surface area contributed by atoms with Crippen molar-refractivity contribution in [2.24, 2.45) is 23.5 Å². The molecule has 2 atom stereocenters. The normalized spacial score (nSPS) is 32.0. The topological polar surface area (TPSA) is 68.0 Å². The first-order chi connectivity index (χ1) is 10.1. The van der Waals surface area contributed by atoms with E-state index in [-0.39, 0.29) is 11.8 Å². The van der Waals surface area contributed by atoms with Gasteiger partial charge in [-0.15, -0.1) is 11.3 Å². The minimum Gasteiger partial charge on any atom is -0.327 e. The van der Waals surface area contributed by atoms with Crippen molar-refractivity contribution in [1.29, 1.82) is 0 Å². The van der Waals surface area contributed by atoms with Crippen molar-refractivity contribution in [3.05, 3.63) is 10.6 Å².